The van der Waals surface area contributed by atoms with Gasteiger partial charge in [0.05, 0.1) is 12.2 Å². The van der Waals surface area contributed by atoms with Gasteiger partial charge >= 0.3 is 0 Å². The molecule has 1 aliphatic heterocycles. The average Bonchev–Trinajstić information content (AvgIpc) is 3.25. The van der Waals surface area contributed by atoms with Gasteiger partial charge in [0.1, 0.15) is 17.3 Å². The Morgan fingerprint density at radius 3 is 2.80 bits per heavy atom. The molecule has 2 aromatic heterocycles. The van der Waals surface area contributed by atoms with Crippen molar-refractivity contribution in [3.63, 3.8) is 0 Å². The molecule has 6 heteroatoms. The molecule has 128 valence electrons. The lowest BCUT2D eigenvalue weighted by molar-refractivity contribution is 0.0684. The number of rotatable bonds is 4. The summed E-state index contributed by atoms with van der Waals surface area (Å²) in [4.78, 5) is 18.7. The van der Waals surface area contributed by atoms with E-state index in [1.165, 1.54) is 0 Å². The van der Waals surface area contributed by atoms with Crippen molar-refractivity contribution in [1.82, 2.24) is 9.88 Å². The van der Waals surface area contributed by atoms with Crippen LogP contribution in [-0.2, 0) is 19.6 Å². The molecule has 4 rings (SSSR count). The third-order valence-electron chi connectivity index (χ3n) is 4.12. The zero-order valence-electron chi connectivity index (χ0n) is 13.9. The standard InChI is InChI=1S/C19H18N2O4/c1-13-7-8-16(24-13)19(22)21-10-9-15-17(11-21)25-18(20-15)12-23-14-5-3-2-4-6-14/h2-8H,9-12H2,1H3. The Morgan fingerprint density at radius 1 is 1.20 bits per heavy atom. The summed E-state index contributed by atoms with van der Waals surface area (Å²) >= 11 is 0. The van der Waals surface area contributed by atoms with Gasteiger partial charge in [0, 0.05) is 13.0 Å². The summed E-state index contributed by atoms with van der Waals surface area (Å²) in [5, 5.41) is 0. The van der Waals surface area contributed by atoms with Gasteiger partial charge in [-0.2, -0.15) is 0 Å². The number of hydrogen-bond acceptors (Lipinski definition) is 5. The first-order valence-corrected chi connectivity index (χ1v) is 8.20. The van der Waals surface area contributed by atoms with E-state index in [1.54, 1.807) is 17.0 Å². The Balaban J connectivity index is 1.43. The van der Waals surface area contributed by atoms with Gasteiger partial charge in [0.15, 0.2) is 12.4 Å². The van der Waals surface area contributed by atoms with E-state index >= 15 is 0 Å². The topological polar surface area (TPSA) is 68.7 Å². The fourth-order valence-electron chi connectivity index (χ4n) is 2.85. The Hall–Kier alpha value is -3.02. The van der Waals surface area contributed by atoms with Crippen LogP contribution in [0.3, 0.4) is 0 Å². The Kier molecular flexibility index (Phi) is 4.01. The highest BCUT2D eigenvalue weighted by Crippen LogP contribution is 2.23. The number of aryl methyl sites for hydroxylation is 1. The molecule has 0 saturated heterocycles. The molecule has 0 radical (unpaired) electrons. The van der Waals surface area contributed by atoms with Crippen molar-refractivity contribution in [2.24, 2.45) is 0 Å². The molecule has 0 N–H and O–H groups in total. The number of oxazole rings is 1. The second kappa shape index (κ2) is 6.47. The fraction of sp³-hybridized carbons (Fsp3) is 0.263. The Morgan fingerprint density at radius 2 is 2.04 bits per heavy atom. The van der Waals surface area contributed by atoms with E-state index in [4.69, 9.17) is 13.6 Å². The molecular weight excluding hydrogens is 320 g/mol. The van der Waals surface area contributed by atoms with Crippen molar-refractivity contribution in [3.8, 4) is 5.75 Å². The van der Waals surface area contributed by atoms with Gasteiger partial charge in [0.25, 0.3) is 5.91 Å². The van der Waals surface area contributed by atoms with Gasteiger partial charge < -0.3 is 18.5 Å². The van der Waals surface area contributed by atoms with Crippen LogP contribution in [0.25, 0.3) is 0 Å². The summed E-state index contributed by atoms with van der Waals surface area (Å²) in [5.41, 5.74) is 0.895. The highest BCUT2D eigenvalue weighted by molar-refractivity contribution is 5.91. The molecule has 3 heterocycles. The third-order valence-corrected chi connectivity index (χ3v) is 4.12. The van der Waals surface area contributed by atoms with E-state index in [9.17, 15) is 4.79 Å². The summed E-state index contributed by atoms with van der Waals surface area (Å²) in [6.07, 6.45) is 0.662. The van der Waals surface area contributed by atoms with E-state index in [0.717, 1.165) is 23.0 Å². The maximum absolute atomic E-state index is 12.5. The predicted octanol–water partition coefficient (Wildman–Crippen LogP) is 3.35. The van der Waals surface area contributed by atoms with Gasteiger partial charge in [-0.3, -0.25) is 4.79 Å². The maximum atomic E-state index is 12.5. The molecule has 1 amide bonds. The van der Waals surface area contributed by atoms with Crippen molar-refractivity contribution in [1.29, 1.82) is 0 Å². The van der Waals surface area contributed by atoms with Crippen molar-refractivity contribution < 1.29 is 18.4 Å². The lowest BCUT2D eigenvalue weighted by Gasteiger charge is -2.24. The van der Waals surface area contributed by atoms with Gasteiger partial charge in [-0.1, -0.05) is 18.2 Å². The number of benzene rings is 1. The van der Waals surface area contributed by atoms with E-state index in [-0.39, 0.29) is 12.5 Å². The van der Waals surface area contributed by atoms with Crippen LogP contribution < -0.4 is 4.74 Å². The number of carbonyl (C=O) groups excluding carboxylic acids is 1. The van der Waals surface area contributed by atoms with Crippen LogP contribution >= 0.6 is 0 Å². The van der Waals surface area contributed by atoms with Gasteiger partial charge in [0.2, 0.25) is 5.89 Å². The molecule has 0 unspecified atom stereocenters. The molecule has 1 aromatic carbocycles. The van der Waals surface area contributed by atoms with Crippen molar-refractivity contribution in [2.45, 2.75) is 26.5 Å². The van der Waals surface area contributed by atoms with Crippen molar-refractivity contribution in [2.75, 3.05) is 6.54 Å². The SMILES string of the molecule is Cc1ccc(C(=O)N2CCc3nc(COc4ccccc4)oc3C2)o1. The summed E-state index contributed by atoms with van der Waals surface area (Å²) in [5.74, 6) is 2.96. The first kappa shape index (κ1) is 15.5. The minimum atomic E-state index is -0.128. The molecule has 0 bridgehead atoms. The van der Waals surface area contributed by atoms with Crippen LogP contribution in [0.1, 0.15) is 33.7 Å². The molecule has 3 aromatic rings. The van der Waals surface area contributed by atoms with Crippen LogP contribution in [0.5, 0.6) is 5.75 Å². The zero-order valence-corrected chi connectivity index (χ0v) is 13.9. The molecule has 6 nitrogen and oxygen atoms in total. The Bertz CT molecular complexity index is 882. The quantitative estimate of drug-likeness (QED) is 0.730. The molecule has 0 saturated carbocycles. The summed E-state index contributed by atoms with van der Waals surface area (Å²) < 4.78 is 16.9. The third kappa shape index (κ3) is 3.28. The molecule has 0 fully saturated rings. The second-order valence-corrected chi connectivity index (χ2v) is 5.97. The number of hydrogen-bond donors (Lipinski definition) is 0. The maximum Gasteiger partial charge on any atom is 0.289 e. The molecular formula is C19H18N2O4. The summed E-state index contributed by atoms with van der Waals surface area (Å²) in [7, 11) is 0. The summed E-state index contributed by atoms with van der Waals surface area (Å²) in [6, 6.07) is 13.0. The normalized spacial score (nSPS) is 13.6. The van der Waals surface area contributed by atoms with Crippen LogP contribution in [0.2, 0.25) is 0 Å². The van der Waals surface area contributed by atoms with E-state index in [1.807, 2.05) is 37.3 Å². The number of nitrogens with zero attached hydrogens (tertiary/aromatic N) is 2. The second-order valence-electron chi connectivity index (χ2n) is 5.97. The smallest absolute Gasteiger partial charge is 0.289 e. The lowest BCUT2D eigenvalue weighted by Crippen LogP contribution is -2.35. The number of furan rings is 1. The fourth-order valence-corrected chi connectivity index (χ4v) is 2.85. The van der Waals surface area contributed by atoms with Crippen molar-refractivity contribution in [3.05, 3.63) is 71.3 Å². The largest absolute Gasteiger partial charge is 0.484 e. The summed E-state index contributed by atoms with van der Waals surface area (Å²) in [6.45, 7) is 3.08. The predicted molar refractivity (Wildman–Crippen MR) is 89.2 cm³/mol. The van der Waals surface area contributed by atoms with E-state index in [0.29, 0.717) is 31.2 Å². The first-order valence-electron chi connectivity index (χ1n) is 8.20. The minimum absolute atomic E-state index is 0.128. The Labute approximate surface area is 145 Å². The van der Waals surface area contributed by atoms with Crippen LogP contribution in [0, 0.1) is 6.92 Å². The number of amides is 1. The number of fused-ring (bicyclic) bond motifs is 1. The molecule has 1 aliphatic rings. The van der Waals surface area contributed by atoms with Gasteiger partial charge in [-0.25, -0.2) is 4.98 Å². The van der Waals surface area contributed by atoms with Gasteiger partial charge in [-0.05, 0) is 31.2 Å². The molecule has 0 aliphatic carbocycles. The number of aromatic nitrogens is 1. The average molecular weight is 338 g/mol. The van der Waals surface area contributed by atoms with Crippen LogP contribution in [-0.4, -0.2) is 22.3 Å². The van der Waals surface area contributed by atoms with Crippen LogP contribution in [0.15, 0.2) is 51.3 Å². The first-order chi connectivity index (χ1) is 12.2. The number of carbonyl (C=O) groups is 1. The van der Waals surface area contributed by atoms with Gasteiger partial charge in [-0.15, -0.1) is 0 Å². The minimum Gasteiger partial charge on any atom is -0.484 e. The highest BCUT2D eigenvalue weighted by Gasteiger charge is 2.27. The van der Waals surface area contributed by atoms with E-state index < -0.39 is 0 Å². The van der Waals surface area contributed by atoms with E-state index in [2.05, 4.69) is 4.98 Å². The number of para-hydroxylation sites is 1. The molecule has 25 heavy (non-hydrogen) atoms. The monoisotopic (exact) mass is 338 g/mol. The zero-order chi connectivity index (χ0) is 17.2. The van der Waals surface area contributed by atoms with Crippen LogP contribution in [0.4, 0.5) is 0 Å². The highest BCUT2D eigenvalue weighted by atomic mass is 16.5. The lowest BCUT2D eigenvalue weighted by atomic mass is 10.1. The molecule has 0 spiro atoms. The number of ether oxygens (including phenoxy) is 1. The van der Waals surface area contributed by atoms with Crippen molar-refractivity contribution >= 4 is 5.91 Å². The molecule has 0 atom stereocenters.